The number of amides is 2. The molecule has 0 atom stereocenters. The number of hydrogen-bond acceptors (Lipinski definition) is 5. The molecule has 2 N–H and O–H groups in total. The SMILES string of the molecule is CC1CCN(c2ccc(NC(=O)c3ccc(CNC(=O)CCOc4ccccc4)cc3)cn2)CC1. The van der Waals surface area contributed by atoms with E-state index in [9.17, 15) is 9.59 Å². The first-order valence-corrected chi connectivity index (χ1v) is 12.1. The van der Waals surface area contributed by atoms with Gasteiger partial charge in [-0.3, -0.25) is 9.59 Å². The summed E-state index contributed by atoms with van der Waals surface area (Å²) in [5.74, 6) is 2.19. The van der Waals surface area contributed by atoms with E-state index in [2.05, 4.69) is 27.4 Å². The molecule has 2 aromatic carbocycles. The van der Waals surface area contributed by atoms with E-state index in [-0.39, 0.29) is 18.2 Å². The lowest BCUT2D eigenvalue weighted by Crippen LogP contribution is -2.33. The summed E-state index contributed by atoms with van der Waals surface area (Å²) < 4.78 is 5.55. The van der Waals surface area contributed by atoms with Crippen LogP contribution in [0.4, 0.5) is 11.5 Å². The number of nitrogens with one attached hydrogen (secondary N) is 2. The number of aromatic nitrogens is 1. The van der Waals surface area contributed by atoms with Crippen LogP contribution in [-0.2, 0) is 11.3 Å². The Morgan fingerprint density at radius 1 is 1.00 bits per heavy atom. The number of ether oxygens (including phenoxy) is 1. The van der Waals surface area contributed by atoms with Gasteiger partial charge in [0.2, 0.25) is 5.91 Å². The average Bonchev–Trinajstić information content (AvgIpc) is 2.89. The first kappa shape index (κ1) is 24.3. The van der Waals surface area contributed by atoms with Crippen LogP contribution in [0, 0.1) is 5.92 Å². The van der Waals surface area contributed by atoms with Crippen LogP contribution >= 0.6 is 0 Å². The van der Waals surface area contributed by atoms with Crippen molar-refractivity contribution in [1.29, 1.82) is 0 Å². The van der Waals surface area contributed by atoms with E-state index < -0.39 is 0 Å². The molecule has 1 aromatic heterocycles. The molecular formula is C28H32N4O3. The van der Waals surface area contributed by atoms with E-state index in [4.69, 9.17) is 4.74 Å². The van der Waals surface area contributed by atoms with Gasteiger partial charge in [-0.1, -0.05) is 37.3 Å². The molecule has 0 radical (unpaired) electrons. The van der Waals surface area contributed by atoms with Gasteiger partial charge in [-0.25, -0.2) is 4.98 Å². The van der Waals surface area contributed by atoms with Gasteiger partial charge in [0.15, 0.2) is 0 Å². The molecule has 1 saturated heterocycles. The summed E-state index contributed by atoms with van der Waals surface area (Å²) in [6, 6.07) is 20.5. The highest BCUT2D eigenvalue weighted by molar-refractivity contribution is 6.04. The molecular weight excluding hydrogens is 440 g/mol. The summed E-state index contributed by atoms with van der Waals surface area (Å²) in [5.41, 5.74) is 2.13. The lowest BCUT2D eigenvalue weighted by molar-refractivity contribution is -0.121. The fraction of sp³-hybridized carbons (Fsp3) is 0.321. The molecule has 1 aliphatic heterocycles. The number of carbonyl (C=O) groups is 2. The summed E-state index contributed by atoms with van der Waals surface area (Å²) in [6.07, 6.45) is 4.35. The van der Waals surface area contributed by atoms with Crippen molar-refractivity contribution in [1.82, 2.24) is 10.3 Å². The summed E-state index contributed by atoms with van der Waals surface area (Å²) in [7, 11) is 0. The van der Waals surface area contributed by atoms with Crippen LogP contribution in [0.5, 0.6) is 5.75 Å². The predicted octanol–water partition coefficient (Wildman–Crippen LogP) is 4.66. The molecule has 4 rings (SSSR count). The van der Waals surface area contributed by atoms with E-state index in [1.807, 2.05) is 54.6 Å². The van der Waals surface area contributed by atoms with Gasteiger partial charge in [0.25, 0.3) is 5.91 Å². The van der Waals surface area contributed by atoms with Crippen molar-refractivity contribution in [3.05, 3.63) is 84.1 Å². The molecule has 1 aliphatic rings. The summed E-state index contributed by atoms with van der Waals surface area (Å²) in [5, 5.41) is 5.77. The molecule has 35 heavy (non-hydrogen) atoms. The minimum Gasteiger partial charge on any atom is -0.493 e. The molecule has 7 heteroatoms. The first-order valence-electron chi connectivity index (χ1n) is 12.1. The number of carbonyl (C=O) groups excluding carboxylic acids is 2. The maximum atomic E-state index is 12.6. The molecule has 1 fully saturated rings. The Morgan fingerprint density at radius 3 is 2.43 bits per heavy atom. The number of para-hydroxylation sites is 1. The Balaban J connectivity index is 1.20. The second-order valence-electron chi connectivity index (χ2n) is 8.91. The van der Waals surface area contributed by atoms with Gasteiger partial charge < -0.3 is 20.3 Å². The normalized spacial score (nSPS) is 13.8. The second kappa shape index (κ2) is 12.0. The minimum absolute atomic E-state index is 0.0854. The molecule has 2 heterocycles. The summed E-state index contributed by atoms with van der Waals surface area (Å²) in [4.78, 5) is 31.5. The minimum atomic E-state index is -0.194. The Morgan fingerprint density at radius 2 is 1.74 bits per heavy atom. The van der Waals surface area contributed by atoms with E-state index in [0.29, 0.717) is 24.4 Å². The van der Waals surface area contributed by atoms with Crippen molar-refractivity contribution in [2.75, 3.05) is 29.9 Å². The standard InChI is InChI=1S/C28H32N4O3/c1-21-13-16-32(17-14-21)26-12-11-24(20-29-26)31-28(34)23-9-7-22(8-10-23)19-30-27(33)15-18-35-25-5-3-2-4-6-25/h2-12,20-21H,13-19H2,1H3,(H,30,33)(H,31,34). The van der Waals surface area contributed by atoms with Gasteiger partial charge >= 0.3 is 0 Å². The van der Waals surface area contributed by atoms with Gasteiger partial charge in [-0.15, -0.1) is 0 Å². The van der Waals surface area contributed by atoms with E-state index >= 15 is 0 Å². The van der Waals surface area contributed by atoms with Crippen molar-refractivity contribution >= 4 is 23.3 Å². The van der Waals surface area contributed by atoms with Crippen molar-refractivity contribution in [3.63, 3.8) is 0 Å². The first-order chi connectivity index (χ1) is 17.1. The molecule has 0 bridgehead atoms. The Kier molecular flexibility index (Phi) is 8.33. The number of anilines is 2. The fourth-order valence-corrected chi connectivity index (χ4v) is 3.93. The summed E-state index contributed by atoms with van der Waals surface area (Å²) >= 11 is 0. The third kappa shape index (κ3) is 7.30. The van der Waals surface area contributed by atoms with Gasteiger partial charge in [0.05, 0.1) is 24.9 Å². The monoisotopic (exact) mass is 472 g/mol. The lowest BCUT2D eigenvalue weighted by Gasteiger charge is -2.31. The molecule has 0 aliphatic carbocycles. The maximum Gasteiger partial charge on any atom is 0.255 e. The van der Waals surface area contributed by atoms with Crippen molar-refractivity contribution in [2.24, 2.45) is 5.92 Å². The zero-order valence-corrected chi connectivity index (χ0v) is 20.1. The van der Waals surface area contributed by atoms with E-state index in [1.54, 1.807) is 18.3 Å². The number of pyridine rings is 1. The number of benzene rings is 2. The van der Waals surface area contributed by atoms with Crippen molar-refractivity contribution in [3.8, 4) is 5.75 Å². The average molecular weight is 473 g/mol. The van der Waals surface area contributed by atoms with Gasteiger partial charge in [0.1, 0.15) is 11.6 Å². The van der Waals surface area contributed by atoms with Crippen LogP contribution in [0.25, 0.3) is 0 Å². The zero-order chi connectivity index (χ0) is 24.5. The number of piperidine rings is 1. The fourth-order valence-electron chi connectivity index (χ4n) is 3.93. The molecule has 0 saturated carbocycles. The second-order valence-corrected chi connectivity index (χ2v) is 8.91. The van der Waals surface area contributed by atoms with Crippen molar-refractivity contribution in [2.45, 2.75) is 32.7 Å². The number of hydrogen-bond donors (Lipinski definition) is 2. The number of nitrogens with zero attached hydrogens (tertiary/aromatic N) is 2. The Bertz CT molecular complexity index is 1090. The summed E-state index contributed by atoms with van der Waals surface area (Å²) in [6.45, 7) is 5.05. The lowest BCUT2D eigenvalue weighted by atomic mass is 9.99. The molecule has 2 amide bonds. The quantitative estimate of drug-likeness (QED) is 0.473. The predicted molar refractivity (Wildman–Crippen MR) is 138 cm³/mol. The van der Waals surface area contributed by atoms with E-state index in [1.165, 1.54) is 12.8 Å². The van der Waals surface area contributed by atoms with Crippen molar-refractivity contribution < 1.29 is 14.3 Å². The highest BCUT2D eigenvalue weighted by Gasteiger charge is 2.17. The molecule has 3 aromatic rings. The molecule has 7 nitrogen and oxygen atoms in total. The van der Waals surface area contributed by atoms with Gasteiger partial charge in [0, 0.05) is 25.2 Å². The molecule has 0 spiro atoms. The Hall–Kier alpha value is -3.87. The maximum absolute atomic E-state index is 12.6. The topological polar surface area (TPSA) is 83.6 Å². The van der Waals surface area contributed by atoms with E-state index in [0.717, 1.165) is 36.1 Å². The zero-order valence-electron chi connectivity index (χ0n) is 20.1. The van der Waals surface area contributed by atoms with Crippen LogP contribution in [0.1, 0.15) is 42.1 Å². The number of rotatable bonds is 9. The highest BCUT2D eigenvalue weighted by Crippen LogP contribution is 2.22. The van der Waals surface area contributed by atoms with Gasteiger partial charge in [-0.2, -0.15) is 0 Å². The molecule has 0 unspecified atom stereocenters. The van der Waals surface area contributed by atoms with Crippen LogP contribution in [0.2, 0.25) is 0 Å². The molecule has 182 valence electrons. The highest BCUT2D eigenvalue weighted by atomic mass is 16.5. The smallest absolute Gasteiger partial charge is 0.255 e. The Labute approximate surface area is 206 Å². The van der Waals surface area contributed by atoms with Crippen LogP contribution in [0.3, 0.4) is 0 Å². The largest absolute Gasteiger partial charge is 0.493 e. The van der Waals surface area contributed by atoms with Crippen LogP contribution in [0.15, 0.2) is 72.9 Å². The van der Waals surface area contributed by atoms with Gasteiger partial charge in [-0.05, 0) is 60.7 Å². The van der Waals surface area contributed by atoms with Crippen LogP contribution in [-0.4, -0.2) is 36.5 Å². The van der Waals surface area contributed by atoms with Crippen LogP contribution < -0.4 is 20.3 Å². The third-order valence-electron chi connectivity index (χ3n) is 6.16. The third-order valence-corrected chi connectivity index (χ3v) is 6.16.